The molecule has 0 unspecified atom stereocenters. The van der Waals surface area contributed by atoms with E-state index in [9.17, 15) is 4.79 Å². The van der Waals surface area contributed by atoms with Gasteiger partial charge in [-0.1, -0.05) is 0 Å². The van der Waals surface area contributed by atoms with Crippen molar-refractivity contribution in [2.24, 2.45) is 7.05 Å². The molecular formula is C17H20N6OS. The van der Waals surface area contributed by atoms with E-state index in [0.717, 1.165) is 10.5 Å². The Bertz CT molecular complexity index is 1000. The molecule has 1 aromatic carbocycles. The number of anilines is 1. The van der Waals surface area contributed by atoms with Crippen LogP contribution in [-0.4, -0.2) is 24.9 Å². The highest BCUT2D eigenvalue weighted by Crippen LogP contribution is 2.37. The van der Waals surface area contributed by atoms with Crippen molar-refractivity contribution in [1.29, 1.82) is 0 Å². The van der Waals surface area contributed by atoms with Gasteiger partial charge < -0.3 is 5.73 Å². The Kier molecular flexibility index (Phi) is 3.81. The fourth-order valence-electron chi connectivity index (χ4n) is 2.64. The van der Waals surface area contributed by atoms with E-state index in [2.05, 4.69) is 21.7 Å². The number of fused-ring (bicyclic) bond motifs is 1. The van der Waals surface area contributed by atoms with Gasteiger partial charge in [0.05, 0.1) is 23.6 Å². The number of nitrogens with zero attached hydrogens (tertiary/aromatic N) is 4. The third kappa shape index (κ3) is 3.27. The molecule has 0 aliphatic heterocycles. The molecule has 3 aromatic rings. The summed E-state index contributed by atoms with van der Waals surface area (Å²) in [5, 5.41) is 4.71. The van der Waals surface area contributed by atoms with Gasteiger partial charge in [0.1, 0.15) is 0 Å². The zero-order chi connectivity index (χ0) is 17.6. The van der Waals surface area contributed by atoms with Crippen LogP contribution in [0.15, 0.2) is 40.3 Å². The lowest BCUT2D eigenvalue weighted by Gasteiger charge is -2.12. The highest BCUT2D eigenvalue weighted by atomic mass is 32.2. The fraction of sp³-hybridized carbons (Fsp3) is 0.353. The smallest absolute Gasteiger partial charge is 0.263 e. The molecule has 0 amide bonds. The van der Waals surface area contributed by atoms with Crippen molar-refractivity contribution in [2.45, 2.75) is 36.7 Å². The molecular weight excluding hydrogens is 336 g/mol. The lowest BCUT2D eigenvalue weighted by Crippen LogP contribution is -2.25. The molecule has 4 rings (SSSR count). The van der Waals surface area contributed by atoms with Crippen molar-refractivity contribution in [3.63, 3.8) is 0 Å². The Morgan fingerprint density at radius 1 is 1.40 bits per heavy atom. The van der Waals surface area contributed by atoms with E-state index in [-0.39, 0.29) is 17.0 Å². The van der Waals surface area contributed by atoms with Crippen molar-refractivity contribution < 1.29 is 0 Å². The SMILES string of the molecule is Cn1cc(Cn2c(N)nc3ccc(SNC4(C)CC4)cc3c2=O)cn1. The van der Waals surface area contributed by atoms with Crippen LogP contribution in [0.2, 0.25) is 0 Å². The molecule has 0 atom stereocenters. The Labute approximate surface area is 149 Å². The summed E-state index contributed by atoms with van der Waals surface area (Å²) in [6, 6.07) is 5.69. The topological polar surface area (TPSA) is 90.8 Å². The van der Waals surface area contributed by atoms with Crippen LogP contribution in [0.3, 0.4) is 0 Å². The van der Waals surface area contributed by atoms with E-state index in [1.165, 1.54) is 17.4 Å². The van der Waals surface area contributed by atoms with Crippen LogP contribution in [0.1, 0.15) is 25.3 Å². The molecule has 0 radical (unpaired) electrons. The standard InChI is InChI=1S/C17H20N6OS/c1-17(5-6-17)21-25-12-3-4-14-13(7-12)15(24)23(16(18)20-14)10-11-8-19-22(2)9-11/h3-4,7-9,21H,5-6,10H2,1-2H3,(H2,18,20). The summed E-state index contributed by atoms with van der Waals surface area (Å²) in [6.45, 7) is 2.55. The number of nitrogens with two attached hydrogens (primary N) is 1. The number of hydrogen-bond acceptors (Lipinski definition) is 6. The second-order valence-electron chi connectivity index (χ2n) is 6.83. The van der Waals surface area contributed by atoms with E-state index < -0.39 is 0 Å². The predicted molar refractivity (Wildman–Crippen MR) is 99.4 cm³/mol. The summed E-state index contributed by atoms with van der Waals surface area (Å²) in [5.41, 5.74) is 7.63. The van der Waals surface area contributed by atoms with E-state index in [0.29, 0.717) is 17.4 Å². The minimum absolute atomic E-state index is 0.133. The van der Waals surface area contributed by atoms with Crippen LogP contribution >= 0.6 is 11.9 Å². The highest BCUT2D eigenvalue weighted by Gasteiger charge is 2.37. The molecule has 1 fully saturated rings. The van der Waals surface area contributed by atoms with Crippen LogP contribution < -0.4 is 16.0 Å². The van der Waals surface area contributed by atoms with Gasteiger partial charge in [-0.3, -0.25) is 18.8 Å². The lowest BCUT2D eigenvalue weighted by atomic mass is 10.2. The molecule has 130 valence electrons. The Morgan fingerprint density at radius 3 is 2.88 bits per heavy atom. The molecule has 3 N–H and O–H groups in total. The summed E-state index contributed by atoms with van der Waals surface area (Å²) in [6.07, 6.45) is 5.96. The first kappa shape index (κ1) is 16.2. The third-order valence-corrected chi connectivity index (χ3v) is 5.55. The van der Waals surface area contributed by atoms with Crippen molar-refractivity contribution in [3.05, 3.63) is 46.5 Å². The third-order valence-electron chi connectivity index (χ3n) is 4.47. The molecule has 2 aromatic heterocycles. The zero-order valence-electron chi connectivity index (χ0n) is 14.2. The van der Waals surface area contributed by atoms with E-state index in [1.807, 2.05) is 31.4 Å². The first-order valence-corrected chi connectivity index (χ1v) is 8.97. The van der Waals surface area contributed by atoms with Crippen molar-refractivity contribution in [3.8, 4) is 0 Å². The molecule has 1 aliphatic carbocycles. The van der Waals surface area contributed by atoms with Crippen molar-refractivity contribution in [1.82, 2.24) is 24.1 Å². The van der Waals surface area contributed by atoms with Gasteiger partial charge in [-0.2, -0.15) is 5.10 Å². The van der Waals surface area contributed by atoms with E-state index >= 15 is 0 Å². The lowest BCUT2D eigenvalue weighted by molar-refractivity contribution is 0.701. The van der Waals surface area contributed by atoms with Gasteiger partial charge in [0, 0.05) is 29.2 Å². The molecule has 0 bridgehead atoms. The Hall–Kier alpha value is -2.32. The van der Waals surface area contributed by atoms with E-state index in [1.54, 1.807) is 22.8 Å². The zero-order valence-corrected chi connectivity index (χ0v) is 15.0. The largest absolute Gasteiger partial charge is 0.369 e. The van der Waals surface area contributed by atoms with E-state index in [4.69, 9.17) is 5.73 Å². The van der Waals surface area contributed by atoms with Crippen LogP contribution in [0.25, 0.3) is 10.9 Å². The monoisotopic (exact) mass is 356 g/mol. The van der Waals surface area contributed by atoms with Gasteiger partial charge in [-0.25, -0.2) is 4.98 Å². The van der Waals surface area contributed by atoms with Gasteiger partial charge in [-0.15, -0.1) is 0 Å². The quantitative estimate of drug-likeness (QED) is 0.679. The number of aromatic nitrogens is 4. The summed E-state index contributed by atoms with van der Waals surface area (Å²) >= 11 is 1.56. The molecule has 0 saturated heterocycles. The first-order chi connectivity index (χ1) is 11.9. The summed E-state index contributed by atoms with van der Waals surface area (Å²) in [4.78, 5) is 18.3. The maximum Gasteiger partial charge on any atom is 0.263 e. The van der Waals surface area contributed by atoms with Gasteiger partial charge in [0.25, 0.3) is 5.56 Å². The molecule has 0 spiro atoms. The van der Waals surface area contributed by atoms with Crippen LogP contribution in [-0.2, 0) is 13.6 Å². The molecule has 7 nitrogen and oxygen atoms in total. The number of benzene rings is 1. The number of aryl methyl sites for hydroxylation is 1. The molecule has 2 heterocycles. The van der Waals surface area contributed by atoms with Gasteiger partial charge in [0.2, 0.25) is 5.95 Å². The molecule has 8 heteroatoms. The fourth-order valence-corrected chi connectivity index (χ4v) is 3.52. The average molecular weight is 356 g/mol. The predicted octanol–water partition coefficient (Wildman–Crippen LogP) is 1.91. The maximum atomic E-state index is 12.9. The van der Waals surface area contributed by atoms with Gasteiger partial charge >= 0.3 is 0 Å². The summed E-state index contributed by atoms with van der Waals surface area (Å²) in [5.74, 6) is 0.213. The summed E-state index contributed by atoms with van der Waals surface area (Å²) < 4.78 is 6.64. The number of hydrogen-bond donors (Lipinski definition) is 2. The van der Waals surface area contributed by atoms with Crippen molar-refractivity contribution >= 4 is 28.8 Å². The minimum Gasteiger partial charge on any atom is -0.369 e. The number of nitrogen functional groups attached to an aromatic ring is 1. The maximum absolute atomic E-state index is 12.9. The second kappa shape index (κ2) is 5.89. The Morgan fingerprint density at radius 2 is 2.20 bits per heavy atom. The first-order valence-electron chi connectivity index (χ1n) is 8.15. The summed E-state index contributed by atoms with van der Waals surface area (Å²) in [7, 11) is 1.84. The van der Waals surface area contributed by atoms with Gasteiger partial charge in [-0.05, 0) is 49.9 Å². The van der Waals surface area contributed by atoms with Crippen LogP contribution in [0, 0.1) is 0 Å². The van der Waals surface area contributed by atoms with Crippen LogP contribution in [0.5, 0.6) is 0 Å². The highest BCUT2D eigenvalue weighted by molar-refractivity contribution is 7.97. The van der Waals surface area contributed by atoms with Crippen LogP contribution in [0.4, 0.5) is 5.95 Å². The molecule has 1 saturated carbocycles. The van der Waals surface area contributed by atoms with Gasteiger partial charge in [0.15, 0.2) is 0 Å². The number of rotatable bonds is 5. The normalized spacial score (nSPS) is 15.6. The molecule has 25 heavy (non-hydrogen) atoms. The average Bonchev–Trinajstić information content (AvgIpc) is 3.18. The van der Waals surface area contributed by atoms with Crippen molar-refractivity contribution in [2.75, 3.05) is 5.73 Å². The number of nitrogens with one attached hydrogen (secondary N) is 1. The Balaban J connectivity index is 1.69. The minimum atomic E-state index is -0.133. The second-order valence-corrected chi connectivity index (χ2v) is 7.71. The molecule has 1 aliphatic rings.